The predicted molar refractivity (Wildman–Crippen MR) is 96.8 cm³/mol. The number of piperidine rings is 1. The molecule has 1 saturated heterocycles. The standard InChI is InChI=1S/C17H18N4OS2/c1-2-12-15(24-20-19-12)17(22)21-9-5-6-11(10-21)16-18-13-7-3-4-8-14(13)23-16/h3-4,7-8,11H,2,5-6,9-10H2,1H3/t11-/m0/s1. The Labute approximate surface area is 148 Å². The average molecular weight is 358 g/mol. The highest BCUT2D eigenvalue weighted by molar-refractivity contribution is 7.18. The smallest absolute Gasteiger partial charge is 0.267 e. The van der Waals surface area contributed by atoms with Gasteiger partial charge >= 0.3 is 0 Å². The zero-order valence-electron chi connectivity index (χ0n) is 13.4. The first kappa shape index (κ1) is 15.7. The highest BCUT2D eigenvalue weighted by Crippen LogP contribution is 2.33. The van der Waals surface area contributed by atoms with Crippen LogP contribution in [-0.2, 0) is 6.42 Å². The second-order valence-electron chi connectivity index (χ2n) is 6.01. The van der Waals surface area contributed by atoms with Crippen molar-refractivity contribution in [1.82, 2.24) is 19.5 Å². The Hall–Kier alpha value is -1.86. The van der Waals surface area contributed by atoms with Gasteiger partial charge in [-0.25, -0.2) is 4.98 Å². The number of hydrogen-bond acceptors (Lipinski definition) is 6. The minimum Gasteiger partial charge on any atom is -0.337 e. The summed E-state index contributed by atoms with van der Waals surface area (Å²) in [5.41, 5.74) is 1.87. The number of amides is 1. The molecule has 0 N–H and O–H groups in total. The van der Waals surface area contributed by atoms with E-state index in [4.69, 9.17) is 4.98 Å². The molecule has 3 heterocycles. The van der Waals surface area contributed by atoms with Crippen molar-refractivity contribution >= 4 is 39.0 Å². The highest BCUT2D eigenvalue weighted by atomic mass is 32.1. The lowest BCUT2D eigenvalue weighted by molar-refractivity contribution is 0.0710. The lowest BCUT2D eigenvalue weighted by atomic mass is 9.98. The number of aromatic nitrogens is 3. The number of rotatable bonds is 3. The summed E-state index contributed by atoms with van der Waals surface area (Å²) in [6.45, 7) is 3.55. The molecule has 0 unspecified atom stereocenters. The third-order valence-corrected chi connectivity index (χ3v) is 6.41. The average Bonchev–Trinajstić information content (AvgIpc) is 3.27. The van der Waals surface area contributed by atoms with E-state index in [0.717, 1.165) is 48.6 Å². The maximum atomic E-state index is 12.8. The number of carbonyl (C=O) groups excluding carboxylic acids is 1. The van der Waals surface area contributed by atoms with Gasteiger partial charge in [0.15, 0.2) is 0 Å². The maximum Gasteiger partial charge on any atom is 0.267 e. The second kappa shape index (κ2) is 6.57. The van der Waals surface area contributed by atoms with Crippen LogP contribution in [0.25, 0.3) is 10.2 Å². The van der Waals surface area contributed by atoms with E-state index in [1.54, 1.807) is 11.3 Å². The molecule has 3 aromatic rings. The minimum atomic E-state index is 0.0765. The Bertz CT molecular complexity index is 839. The topological polar surface area (TPSA) is 59.0 Å². The fourth-order valence-corrected chi connectivity index (χ4v) is 4.99. The molecule has 1 aliphatic rings. The lowest BCUT2D eigenvalue weighted by Gasteiger charge is -2.31. The molecule has 1 fully saturated rings. The van der Waals surface area contributed by atoms with Crippen LogP contribution in [0.4, 0.5) is 0 Å². The van der Waals surface area contributed by atoms with E-state index in [1.807, 2.05) is 24.0 Å². The van der Waals surface area contributed by atoms with Crippen LogP contribution in [0.1, 0.15) is 46.1 Å². The lowest BCUT2D eigenvalue weighted by Crippen LogP contribution is -2.39. The Balaban J connectivity index is 1.56. The first-order valence-electron chi connectivity index (χ1n) is 8.22. The molecule has 2 aromatic heterocycles. The monoisotopic (exact) mass is 358 g/mol. The van der Waals surface area contributed by atoms with Crippen molar-refractivity contribution in [2.75, 3.05) is 13.1 Å². The van der Waals surface area contributed by atoms with Crippen LogP contribution in [0.3, 0.4) is 0 Å². The third-order valence-electron chi connectivity index (χ3n) is 4.45. The van der Waals surface area contributed by atoms with E-state index in [-0.39, 0.29) is 5.91 Å². The summed E-state index contributed by atoms with van der Waals surface area (Å²) in [5, 5.41) is 5.21. The molecule has 0 bridgehead atoms. The number of benzene rings is 1. The SMILES string of the molecule is CCc1nnsc1C(=O)N1CCC[C@H](c2nc3ccccc3s2)C1. The molecule has 0 radical (unpaired) electrons. The molecule has 0 spiro atoms. The van der Waals surface area contributed by atoms with Crippen LogP contribution in [-0.4, -0.2) is 38.5 Å². The van der Waals surface area contributed by atoms with Gasteiger partial charge in [-0.2, -0.15) is 0 Å². The van der Waals surface area contributed by atoms with E-state index in [9.17, 15) is 4.79 Å². The maximum absolute atomic E-state index is 12.8. The summed E-state index contributed by atoms with van der Waals surface area (Å²) in [7, 11) is 0. The van der Waals surface area contributed by atoms with Gasteiger partial charge in [-0.3, -0.25) is 4.79 Å². The Morgan fingerprint density at radius 1 is 1.38 bits per heavy atom. The predicted octanol–water partition coefficient (Wildman–Crippen LogP) is 3.73. The van der Waals surface area contributed by atoms with Gasteiger partial charge in [-0.15, -0.1) is 16.4 Å². The third kappa shape index (κ3) is 2.82. The molecule has 1 aromatic carbocycles. The van der Waals surface area contributed by atoms with E-state index in [0.29, 0.717) is 10.8 Å². The number of para-hydroxylation sites is 1. The van der Waals surface area contributed by atoms with Crippen LogP contribution < -0.4 is 0 Å². The summed E-state index contributed by atoms with van der Waals surface area (Å²) in [6.07, 6.45) is 2.85. The van der Waals surface area contributed by atoms with Gasteiger partial charge in [0.2, 0.25) is 0 Å². The molecule has 1 atom stereocenters. The van der Waals surface area contributed by atoms with Gasteiger partial charge in [0.1, 0.15) is 4.88 Å². The number of hydrogen-bond donors (Lipinski definition) is 0. The first-order valence-corrected chi connectivity index (χ1v) is 9.81. The minimum absolute atomic E-state index is 0.0765. The molecule has 4 rings (SSSR count). The van der Waals surface area contributed by atoms with Crippen molar-refractivity contribution < 1.29 is 4.79 Å². The van der Waals surface area contributed by atoms with Crippen molar-refractivity contribution in [3.8, 4) is 0 Å². The molecular formula is C17H18N4OS2. The zero-order chi connectivity index (χ0) is 16.5. The molecule has 1 aliphatic heterocycles. The number of carbonyl (C=O) groups is 1. The molecule has 0 saturated carbocycles. The number of fused-ring (bicyclic) bond motifs is 1. The summed E-state index contributed by atoms with van der Waals surface area (Å²) in [5.74, 6) is 0.402. The molecule has 124 valence electrons. The largest absolute Gasteiger partial charge is 0.337 e. The van der Waals surface area contributed by atoms with E-state index in [1.165, 1.54) is 16.2 Å². The summed E-state index contributed by atoms with van der Waals surface area (Å²) in [6, 6.07) is 8.23. The number of nitrogens with zero attached hydrogens (tertiary/aromatic N) is 4. The number of likely N-dealkylation sites (tertiary alicyclic amines) is 1. The van der Waals surface area contributed by atoms with E-state index in [2.05, 4.69) is 21.7 Å². The number of thiazole rings is 1. The molecule has 24 heavy (non-hydrogen) atoms. The van der Waals surface area contributed by atoms with Crippen molar-refractivity contribution in [1.29, 1.82) is 0 Å². The van der Waals surface area contributed by atoms with Crippen LogP contribution >= 0.6 is 22.9 Å². The second-order valence-corrected chi connectivity index (χ2v) is 7.83. The fourth-order valence-electron chi connectivity index (χ4n) is 3.17. The van der Waals surface area contributed by atoms with Crippen LogP contribution in [0.5, 0.6) is 0 Å². The normalized spacial score (nSPS) is 18.2. The highest BCUT2D eigenvalue weighted by Gasteiger charge is 2.29. The van der Waals surface area contributed by atoms with E-state index >= 15 is 0 Å². The summed E-state index contributed by atoms with van der Waals surface area (Å²) < 4.78 is 5.17. The van der Waals surface area contributed by atoms with Crippen molar-refractivity contribution in [3.63, 3.8) is 0 Å². The van der Waals surface area contributed by atoms with Crippen molar-refractivity contribution in [2.45, 2.75) is 32.1 Å². The Morgan fingerprint density at radius 3 is 3.08 bits per heavy atom. The molecule has 1 amide bonds. The van der Waals surface area contributed by atoms with Gasteiger partial charge in [0.25, 0.3) is 5.91 Å². The molecule has 5 nitrogen and oxygen atoms in total. The summed E-state index contributed by atoms with van der Waals surface area (Å²) >= 11 is 2.96. The van der Waals surface area contributed by atoms with Crippen LogP contribution in [0.15, 0.2) is 24.3 Å². The fraction of sp³-hybridized carbons (Fsp3) is 0.412. The van der Waals surface area contributed by atoms with Gasteiger partial charge in [0.05, 0.1) is 20.9 Å². The van der Waals surface area contributed by atoms with Gasteiger partial charge in [-0.05, 0) is 42.9 Å². The van der Waals surface area contributed by atoms with E-state index < -0.39 is 0 Å². The first-order chi connectivity index (χ1) is 11.8. The van der Waals surface area contributed by atoms with Gasteiger partial charge in [0, 0.05) is 19.0 Å². The number of aryl methyl sites for hydroxylation is 1. The molecule has 7 heteroatoms. The molecular weight excluding hydrogens is 340 g/mol. The van der Waals surface area contributed by atoms with Crippen molar-refractivity contribution in [2.24, 2.45) is 0 Å². The Morgan fingerprint density at radius 2 is 2.25 bits per heavy atom. The van der Waals surface area contributed by atoms with Gasteiger partial charge in [-0.1, -0.05) is 23.5 Å². The van der Waals surface area contributed by atoms with Crippen LogP contribution in [0.2, 0.25) is 0 Å². The summed E-state index contributed by atoms with van der Waals surface area (Å²) in [4.78, 5) is 20.3. The molecule has 0 aliphatic carbocycles. The van der Waals surface area contributed by atoms with Gasteiger partial charge < -0.3 is 4.90 Å². The Kier molecular flexibility index (Phi) is 4.28. The van der Waals surface area contributed by atoms with Crippen molar-refractivity contribution in [3.05, 3.63) is 39.8 Å². The quantitative estimate of drug-likeness (QED) is 0.716. The van der Waals surface area contributed by atoms with Crippen LogP contribution in [0, 0.1) is 0 Å². The zero-order valence-corrected chi connectivity index (χ0v) is 15.1.